The Bertz CT molecular complexity index is 865. The number of benzene rings is 2. The van der Waals surface area contributed by atoms with Crippen LogP contribution in [0, 0.1) is 0 Å². The average Bonchev–Trinajstić information content (AvgIpc) is 3.08. The molecule has 4 N–H and O–H groups in total. The molecule has 7 heteroatoms. The summed E-state index contributed by atoms with van der Waals surface area (Å²) in [5.74, 6) is 0.867. The SMILES string of the molecule is CCNC(=NCc1cccc(O)c1)NCC(O)c1cc2ccccc2s1.I. The van der Waals surface area contributed by atoms with Crippen LogP contribution in [-0.4, -0.2) is 29.3 Å². The number of hydrogen-bond acceptors (Lipinski definition) is 4. The first-order chi connectivity index (χ1) is 12.7. The second-order valence-corrected chi connectivity index (χ2v) is 7.06. The van der Waals surface area contributed by atoms with Gasteiger partial charge in [0.05, 0.1) is 6.54 Å². The van der Waals surface area contributed by atoms with E-state index < -0.39 is 6.10 Å². The minimum atomic E-state index is -0.600. The minimum Gasteiger partial charge on any atom is -0.508 e. The van der Waals surface area contributed by atoms with E-state index in [2.05, 4.69) is 27.8 Å². The van der Waals surface area contributed by atoms with Gasteiger partial charge in [0.2, 0.25) is 0 Å². The summed E-state index contributed by atoms with van der Waals surface area (Å²) in [6, 6.07) is 17.2. The molecule has 3 aromatic rings. The second-order valence-electron chi connectivity index (χ2n) is 5.95. The molecule has 0 aliphatic carbocycles. The number of phenolic OH excluding ortho intramolecular Hbond substituents is 1. The predicted molar refractivity (Wildman–Crippen MR) is 123 cm³/mol. The van der Waals surface area contributed by atoms with Crippen LogP contribution < -0.4 is 10.6 Å². The van der Waals surface area contributed by atoms with Crippen LogP contribution in [0.1, 0.15) is 23.5 Å². The van der Waals surface area contributed by atoms with Crippen molar-refractivity contribution in [2.24, 2.45) is 4.99 Å². The number of fused-ring (bicyclic) bond motifs is 1. The Hall–Kier alpha value is -1.84. The third-order valence-corrected chi connectivity index (χ3v) is 5.13. The third-order valence-electron chi connectivity index (χ3n) is 3.91. The zero-order valence-electron chi connectivity index (χ0n) is 15.1. The van der Waals surface area contributed by atoms with Gasteiger partial charge in [-0.3, -0.25) is 0 Å². The topological polar surface area (TPSA) is 76.9 Å². The number of guanidine groups is 1. The third kappa shape index (κ3) is 6.08. The van der Waals surface area contributed by atoms with Crippen LogP contribution in [0.5, 0.6) is 5.75 Å². The summed E-state index contributed by atoms with van der Waals surface area (Å²) in [5.41, 5.74) is 0.923. The molecule has 1 atom stereocenters. The quantitative estimate of drug-likeness (QED) is 0.236. The van der Waals surface area contributed by atoms with E-state index in [1.54, 1.807) is 29.5 Å². The van der Waals surface area contributed by atoms with E-state index in [4.69, 9.17) is 0 Å². The Morgan fingerprint density at radius 2 is 1.93 bits per heavy atom. The van der Waals surface area contributed by atoms with Gasteiger partial charge >= 0.3 is 0 Å². The molecule has 144 valence electrons. The predicted octanol–water partition coefficient (Wildman–Crippen LogP) is 4.01. The Labute approximate surface area is 180 Å². The van der Waals surface area contributed by atoms with Gasteiger partial charge < -0.3 is 20.8 Å². The smallest absolute Gasteiger partial charge is 0.191 e. The summed E-state index contributed by atoms with van der Waals surface area (Å²) < 4.78 is 1.17. The molecule has 0 aliphatic heterocycles. The summed E-state index contributed by atoms with van der Waals surface area (Å²) in [5, 5.41) is 27.5. The Morgan fingerprint density at radius 3 is 2.67 bits per heavy atom. The van der Waals surface area contributed by atoms with Crippen molar-refractivity contribution >= 4 is 51.4 Å². The Morgan fingerprint density at radius 1 is 1.11 bits per heavy atom. The lowest BCUT2D eigenvalue weighted by molar-refractivity contribution is 0.184. The van der Waals surface area contributed by atoms with Crippen LogP contribution in [0.4, 0.5) is 0 Å². The van der Waals surface area contributed by atoms with Crippen molar-refractivity contribution < 1.29 is 10.2 Å². The highest BCUT2D eigenvalue weighted by molar-refractivity contribution is 14.0. The molecule has 0 amide bonds. The Balaban J connectivity index is 0.00000261. The van der Waals surface area contributed by atoms with E-state index in [1.807, 2.05) is 31.2 Å². The molecule has 0 spiro atoms. The molecule has 1 heterocycles. The molecular weight excluding hydrogens is 473 g/mol. The van der Waals surface area contributed by atoms with E-state index in [-0.39, 0.29) is 29.7 Å². The highest BCUT2D eigenvalue weighted by atomic mass is 127. The summed E-state index contributed by atoms with van der Waals surface area (Å²) >= 11 is 1.60. The van der Waals surface area contributed by atoms with Gasteiger partial charge in [0, 0.05) is 22.7 Å². The number of aliphatic hydroxyl groups excluding tert-OH is 1. The van der Waals surface area contributed by atoms with Crippen LogP contribution in [0.2, 0.25) is 0 Å². The van der Waals surface area contributed by atoms with Crippen LogP contribution in [0.3, 0.4) is 0 Å². The first-order valence-electron chi connectivity index (χ1n) is 8.62. The molecule has 1 unspecified atom stereocenters. The molecule has 1 aromatic heterocycles. The van der Waals surface area contributed by atoms with Crippen molar-refractivity contribution in [2.75, 3.05) is 13.1 Å². The van der Waals surface area contributed by atoms with Gasteiger partial charge in [-0.05, 0) is 42.1 Å². The highest BCUT2D eigenvalue weighted by Crippen LogP contribution is 2.29. The number of phenols is 1. The molecule has 5 nitrogen and oxygen atoms in total. The lowest BCUT2D eigenvalue weighted by atomic mass is 10.2. The van der Waals surface area contributed by atoms with Gasteiger partial charge in [-0.15, -0.1) is 35.3 Å². The van der Waals surface area contributed by atoms with Crippen LogP contribution >= 0.6 is 35.3 Å². The number of halogens is 1. The van der Waals surface area contributed by atoms with Gasteiger partial charge in [-0.2, -0.15) is 0 Å². The zero-order valence-corrected chi connectivity index (χ0v) is 18.2. The van der Waals surface area contributed by atoms with Crippen molar-refractivity contribution in [3.63, 3.8) is 0 Å². The largest absolute Gasteiger partial charge is 0.508 e. The average molecular weight is 497 g/mol. The molecule has 0 radical (unpaired) electrons. The number of aliphatic hydroxyl groups is 1. The maximum atomic E-state index is 10.5. The normalized spacial score (nSPS) is 12.4. The van der Waals surface area contributed by atoms with Crippen molar-refractivity contribution in [1.29, 1.82) is 0 Å². The number of aromatic hydroxyl groups is 1. The summed E-state index contributed by atoms with van der Waals surface area (Å²) in [6.45, 7) is 3.54. The Kier molecular flexibility index (Phi) is 8.33. The van der Waals surface area contributed by atoms with Gasteiger partial charge in [-0.1, -0.05) is 30.3 Å². The number of rotatable bonds is 6. The van der Waals surface area contributed by atoms with Gasteiger partial charge in [-0.25, -0.2) is 4.99 Å². The van der Waals surface area contributed by atoms with Gasteiger partial charge in [0.15, 0.2) is 5.96 Å². The van der Waals surface area contributed by atoms with Crippen LogP contribution in [-0.2, 0) is 6.54 Å². The van der Waals surface area contributed by atoms with Crippen LogP contribution in [0.25, 0.3) is 10.1 Å². The van der Waals surface area contributed by atoms with Crippen molar-refractivity contribution in [1.82, 2.24) is 10.6 Å². The molecule has 27 heavy (non-hydrogen) atoms. The zero-order chi connectivity index (χ0) is 18.4. The molecule has 0 saturated heterocycles. The highest BCUT2D eigenvalue weighted by Gasteiger charge is 2.12. The lowest BCUT2D eigenvalue weighted by Gasteiger charge is -2.14. The number of hydrogen-bond donors (Lipinski definition) is 4. The minimum absolute atomic E-state index is 0. The number of nitrogens with zero attached hydrogens (tertiary/aromatic N) is 1. The molecule has 0 aliphatic rings. The fraction of sp³-hybridized carbons (Fsp3) is 0.250. The summed E-state index contributed by atoms with van der Waals surface area (Å²) in [6.07, 6.45) is -0.600. The molecule has 0 saturated carbocycles. The number of aliphatic imine (C=N–C) groups is 1. The maximum Gasteiger partial charge on any atom is 0.191 e. The number of nitrogens with one attached hydrogen (secondary N) is 2. The van der Waals surface area contributed by atoms with Gasteiger partial charge in [0.1, 0.15) is 11.9 Å². The second kappa shape index (κ2) is 10.5. The first-order valence-corrected chi connectivity index (χ1v) is 9.44. The molecule has 0 fully saturated rings. The monoisotopic (exact) mass is 497 g/mol. The summed E-state index contributed by atoms with van der Waals surface area (Å²) in [4.78, 5) is 5.44. The van der Waals surface area contributed by atoms with Crippen molar-refractivity contribution in [3.8, 4) is 5.75 Å². The van der Waals surface area contributed by atoms with E-state index >= 15 is 0 Å². The van der Waals surface area contributed by atoms with E-state index in [1.165, 1.54) is 4.70 Å². The first kappa shape index (κ1) is 21.5. The lowest BCUT2D eigenvalue weighted by Crippen LogP contribution is -2.39. The van der Waals surface area contributed by atoms with E-state index in [0.29, 0.717) is 19.0 Å². The van der Waals surface area contributed by atoms with E-state index in [9.17, 15) is 10.2 Å². The molecule has 3 rings (SSSR count). The number of thiophene rings is 1. The standard InChI is InChI=1S/C20H23N3O2S.HI/c1-2-21-20(22-12-14-6-5-8-16(24)10-14)23-13-17(25)19-11-15-7-3-4-9-18(15)26-19;/h3-11,17,24-25H,2,12-13H2,1H3,(H2,21,22,23);1H. The fourth-order valence-corrected chi connectivity index (χ4v) is 3.68. The molecule has 0 bridgehead atoms. The molecular formula is C20H24IN3O2S. The molecule has 2 aromatic carbocycles. The van der Waals surface area contributed by atoms with E-state index in [0.717, 1.165) is 22.4 Å². The fourth-order valence-electron chi connectivity index (χ4n) is 2.63. The maximum absolute atomic E-state index is 10.5. The summed E-state index contributed by atoms with van der Waals surface area (Å²) in [7, 11) is 0. The van der Waals surface area contributed by atoms with Crippen LogP contribution in [0.15, 0.2) is 59.6 Å². The van der Waals surface area contributed by atoms with Gasteiger partial charge in [0.25, 0.3) is 0 Å². The van der Waals surface area contributed by atoms with Crippen molar-refractivity contribution in [3.05, 3.63) is 65.0 Å². The van der Waals surface area contributed by atoms with Crippen molar-refractivity contribution in [2.45, 2.75) is 19.6 Å².